The minimum atomic E-state index is 0.321. The van der Waals surface area contributed by atoms with Crippen LogP contribution < -0.4 is 10.6 Å². The second kappa shape index (κ2) is 10.9. The van der Waals surface area contributed by atoms with Crippen molar-refractivity contribution in [3.8, 4) is 0 Å². The van der Waals surface area contributed by atoms with Crippen LogP contribution in [0.25, 0.3) is 0 Å². The molecule has 2 nitrogen and oxygen atoms in total. The largest absolute Gasteiger partial charge is 0.360 e. The van der Waals surface area contributed by atoms with Gasteiger partial charge in [-0.2, -0.15) is 0 Å². The Morgan fingerprint density at radius 1 is 0.857 bits per heavy atom. The van der Waals surface area contributed by atoms with Crippen LogP contribution in [0.5, 0.6) is 0 Å². The number of hydrogen-bond acceptors (Lipinski definition) is 2. The highest BCUT2D eigenvalue weighted by Gasteiger charge is 2.05. The number of thioether (sulfide) groups is 1. The van der Waals surface area contributed by atoms with Gasteiger partial charge in [0.1, 0.15) is 0 Å². The third-order valence-electron chi connectivity index (χ3n) is 4.45. The molecule has 0 heterocycles. The zero-order valence-corrected chi connectivity index (χ0v) is 17.7. The molecule has 28 heavy (non-hydrogen) atoms. The average molecular weight is 407 g/mol. The molecule has 0 aromatic heterocycles. The lowest BCUT2D eigenvalue weighted by molar-refractivity contribution is 0.609. The van der Waals surface area contributed by atoms with Gasteiger partial charge in [0.2, 0.25) is 0 Å². The van der Waals surface area contributed by atoms with Crippen molar-refractivity contribution in [1.82, 2.24) is 5.32 Å². The molecule has 0 bridgehead atoms. The number of benzene rings is 3. The predicted octanol–water partition coefficient (Wildman–Crippen LogP) is 6.29. The summed E-state index contributed by atoms with van der Waals surface area (Å²) >= 11 is 7.31. The Labute approximate surface area is 177 Å². The van der Waals surface area contributed by atoms with Gasteiger partial charge in [-0.15, -0.1) is 11.8 Å². The summed E-state index contributed by atoms with van der Waals surface area (Å²) in [5.41, 5.74) is 3.68. The second-order valence-electron chi connectivity index (χ2n) is 6.82. The van der Waals surface area contributed by atoms with E-state index in [9.17, 15) is 0 Å². The van der Waals surface area contributed by atoms with E-state index in [1.165, 1.54) is 16.0 Å². The van der Waals surface area contributed by atoms with Gasteiger partial charge in [0.25, 0.3) is 0 Å². The second-order valence-corrected chi connectivity index (χ2v) is 8.28. The molecule has 2 N–H and O–H groups in total. The molecule has 0 fully saturated rings. The Morgan fingerprint density at radius 3 is 2.18 bits per heavy atom. The fourth-order valence-corrected chi connectivity index (χ4v) is 4.05. The monoisotopic (exact) mass is 406 g/mol. The summed E-state index contributed by atoms with van der Waals surface area (Å²) in [5, 5.41) is 7.33. The SMILES string of the molecule is CC(CCc1ccccc1)NC(=S)Nc1ccc(CSc2ccccc2)cc1. The van der Waals surface area contributed by atoms with Crippen LogP contribution in [0.15, 0.2) is 89.8 Å². The number of aryl methyl sites for hydroxylation is 1. The first-order valence-corrected chi connectivity index (χ1v) is 11.0. The van der Waals surface area contributed by atoms with E-state index in [1.54, 1.807) is 0 Å². The number of hydrogen-bond donors (Lipinski definition) is 2. The van der Waals surface area contributed by atoms with Crippen molar-refractivity contribution >= 4 is 34.8 Å². The van der Waals surface area contributed by atoms with Gasteiger partial charge in [-0.3, -0.25) is 0 Å². The van der Waals surface area contributed by atoms with E-state index < -0.39 is 0 Å². The maximum atomic E-state index is 5.46. The normalized spacial score (nSPS) is 11.6. The molecular weight excluding hydrogens is 380 g/mol. The lowest BCUT2D eigenvalue weighted by Gasteiger charge is -2.17. The third kappa shape index (κ3) is 7.02. The summed E-state index contributed by atoms with van der Waals surface area (Å²) < 4.78 is 0. The van der Waals surface area contributed by atoms with Crippen LogP contribution in [0.4, 0.5) is 5.69 Å². The first kappa shape index (κ1) is 20.4. The van der Waals surface area contributed by atoms with Gasteiger partial charge in [-0.1, -0.05) is 60.7 Å². The minimum absolute atomic E-state index is 0.321. The molecule has 0 aliphatic carbocycles. The van der Waals surface area contributed by atoms with Crippen molar-refractivity contribution in [2.45, 2.75) is 36.5 Å². The Bertz CT molecular complexity index is 849. The van der Waals surface area contributed by atoms with Crippen molar-refractivity contribution in [1.29, 1.82) is 0 Å². The standard InChI is InChI=1S/C24H26N2S2/c1-19(12-13-20-8-4-2-5-9-20)25-24(27)26-22-16-14-21(15-17-22)18-28-23-10-6-3-7-11-23/h2-11,14-17,19H,12-13,18H2,1H3,(H2,25,26,27). The molecule has 0 saturated heterocycles. The molecule has 0 amide bonds. The molecule has 0 aliphatic rings. The summed E-state index contributed by atoms with van der Waals surface area (Å²) in [6.07, 6.45) is 2.09. The number of thiocarbonyl (C=S) groups is 1. The van der Waals surface area contributed by atoms with Gasteiger partial charge in [-0.25, -0.2) is 0 Å². The average Bonchev–Trinajstić information content (AvgIpc) is 2.73. The van der Waals surface area contributed by atoms with Crippen molar-refractivity contribution in [2.24, 2.45) is 0 Å². The van der Waals surface area contributed by atoms with Gasteiger partial charge in [0, 0.05) is 22.4 Å². The van der Waals surface area contributed by atoms with E-state index in [0.717, 1.165) is 24.3 Å². The fraction of sp³-hybridized carbons (Fsp3) is 0.208. The maximum absolute atomic E-state index is 5.46. The summed E-state index contributed by atoms with van der Waals surface area (Å²) in [5.74, 6) is 0.962. The van der Waals surface area contributed by atoms with E-state index >= 15 is 0 Å². The predicted molar refractivity (Wildman–Crippen MR) is 126 cm³/mol. The van der Waals surface area contributed by atoms with Crippen LogP contribution in [-0.4, -0.2) is 11.2 Å². The summed E-state index contributed by atoms with van der Waals surface area (Å²) in [7, 11) is 0. The number of nitrogens with one attached hydrogen (secondary N) is 2. The van der Waals surface area contributed by atoms with Crippen LogP contribution in [0.1, 0.15) is 24.5 Å². The van der Waals surface area contributed by atoms with Crippen LogP contribution in [0.3, 0.4) is 0 Å². The van der Waals surface area contributed by atoms with Crippen LogP contribution in [0, 0.1) is 0 Å². The lowest BCUT2D eigenvalue weighted by Crippen LogP contribution is -2.36. The third-order valence-corrected chi connectivity index (χ3v) is 5.75. The van der Waals surface area contributed by atoms with Crippen molar-refractivity contribution in [3.05, 3.63) is 96.1 Å². The molecule has 3 rings (SSSR count). The van der Waals surface area contributed by atoms with Crippen LogP contribution in [-0.2, 0) is 12.2 Å². The Hall–Kier alpha value is -2.30. The van der Waals surface area contributed by atoms with E-state index in [-0.39, 0.29) is 0 Å². The van der Waals surface area contributed by atoms with Crippen molar-refractivity contribution in [2.75, 3.05) is 5.32 Å². The van der Waals surface area contributed by atoms with E-state index in [4.69, 9.17) is 12.2 Å². The highest BCUT2D eigenvalue weighted by Crippen LogP contribution is 2.23. The Morgan fingerprint density at radius 2 is 1.50 bits per heavy atom. The van der Waals surface area contributed by atoms with Crippen LogP contribution in [0.2, 0.25) is 0 Å². The van der Waals surface area contributed by atoms with Crippen molar-refractivity contribution < 1.29 is 0 Å². The molecule has 3 aromatic rings. The number of rotatable bonds is 8. The quantitative estimate of drug-likeness (QED) is 0.339. The Kier molecular flexibility index (Phi) is 7.94. The molecule has 0 spiro atoms. The zero-order valence-electron chi connectivity index (χ0n) is 16.1. The first-order valence-electron chi connectivity index (χ1n) is 9.57. The molecule has 4 heteroatoms. The Balaban J connectivity index is 1.41. The molecule has 144 valence electrons. The maximum Gasteiger partial charge on any atom is 0.170 e. The summed E-state index contributed by atoms with van der Waals surface area (Å²) in [6, 6.07) is 29.8. The van der Waals surface area contributed by atoms with E-state index in [0.29, 0.717) is 11.2 Å². The highest BCUT2D eigenvalue weighted by molar-refractivity contribution is 7.98. The molecule has 3 aromatic carbocycles. The van der Waals surface area contributed by atoms with Gasteiger partial charge in [0.15, 0.2) is 5.11 Å². The molecule has 0 radical (unpaired) electrons. The topological polar surface area (TPSA) is 24.1 Å². The molecule has 0 aliphatic heterocycles. The number of anilines is 1. The van der Waals surface area contributed by atoms with Gasteiger partial charge in [-0.05, 0) is 67.4 Å². The summed E-state index contributed by atoms with van der Waals surface area (Å²) in [6.45, 7) is 2.17. The molecule has 0 saturated carbocycles. The van der Waals surface area contributed by atoms with Gasteiger partial charge in [0.05, 0.1) is 0 Å². The molecule has 1 unspecified atom stereocenters. The zero-order chi connectivity index (χ0) is 19.6. The lowest BCUT2D eigenvalue weighted by atomic mass is 10.1. The minimum Gasteiger partial charge on any atom is -0.360 e. The van der Waals surface area contributed by atoms with Gasteiger partial charge < -0.3 is 10.6 Å². The highest BCUT2D eigenvalue weighted by atomic mass is 32.2. The molecule has 1 atom stereocenters. The van der Waals surface area contributed by atoms with Crippen molar-refractivity contribution in [3.63, 3.8) is 0 Å². The van der Waals surface area contributed by atoms with Crippen LogP contribution >= 0.6 is 24.0 Å². The smallest absolute Gasteiger partial charge is 0.170 e. The molecular formula is C24H26N2S2. The summed E-state index contributed by atoms with van der Waals surface area (Å²) in [4.78, 5) is 1.29. The first-order chi connectivity index (χ1) is 13.7. The van der Waals surface area contributed by atoms with E-state index in [1.807, 2.05) is 17.8 Å². The van der Waals surface area contributed by atoms with Gasteiger partial charge >= 0.3 is 0 Å². The van der Waals surface area contributed by atoms with E-state index in [2.05, 4.69) is 96.4 Å². The fourth-order valence-electron chi connectivity index (χ4n) is 2.86.